The minimum absolute atomic E-state index is 0.0318. The molecule has 33 heavy (non-hydrogen) atoms. The van der Waals surface area contributed by atoms with Gasteiger partial charge in [0.05, 0.1) is 22.3 Å². The average molecular weight is 464 g/mol. The molecule has 0 atom stereocenters. The zero-order valence-corrected chi connectivity index (χ0v) is 20.1. The van der Waals surface area contributed by atoms with E-state index in [1.54, 1.807) is 4.57 Å². The quantitative estimate of drug-likeness (QED) is 0.291. The van der Waals surface area contributed by atoms with E-state index in [1.807, 2.05) is 52.9 Å². The second kappa shape index (κ2) is 10.2. The van der Waals surface area contributed by atoms with E-state index in [4.69, 9.17) is 0 Å². The Balaban J connectivity index is 1.79. The molecule has 2 aromatic carbocycles. The number of nitrogens with zero attached hydrogens (tertiary/aromatic N) is 4. The fourth-order valence-corrected chi connectivity index (χ4v) is 4.72. The molecule has 4 rings (SSSR count). The Morgan fingerprint density at radius 3 is 2.61 bits per heavy atom. The van der Waals surface area contributed by atoms with E-state index in [2.05, 4.69) is 36.3 Å². The number of fused-ring (bicyclic) bond motifs is 3. The second-order valence-electron chi connectivity index (χ2n) is 8.33. The Labute approximate surface area is 197 Å². The zero-order chi connectivity index (χ0) is 23.4. The number of aromatic nitrogens is 4. The lowest BCUT2D eigenvalue weighted by Gasteiger charge is -2.16. The Morgan fingerprint density at radius 2 is 1.82 bits per heavy atom. The van der Waals surface area contributed by atoms with Crippen molar-refractivity contribution in [1.82, 2.24) is 24.5 Å². The van der Waals surface area contributed by atoms with Crippen LogP contribution in [0.4, 0.5) is 0 Å². The van der Waals surface area contributed by atoms with Crippen molar-refractivity contribution in [3.8, 4) is 5.69 Å². The zero-order valence-electron chi connectivity index (χ0n) is 19.2. The highest BCUT2D eigenvalue weighted by atomic mass is 32.2. The van der Waals surface area contributed by atoms with Crippen LogP contribution in [0.3, 0.4) is 0 Å². The molecule has 0 bridgehead atoms. The van der Waals surface area contributed by atoms with Gasteiger partial charge in [0.15, 0.2) is 5.16 Å². The summed E-state index contributed by atoms with van der Waals surface area (Å²) in [6.07, 6.45) is 3.20. The van der Waals surface area contributed by atoms with Crippen molar-refractivity contribution in [2.75, 3.05) is 12.3 Å². The minimum Gasteiger partial charge on any atom is -0.355 e. The summed E-state index contributed by atoms with van der Waals surface area (Å²) >= 11 is 1.33. The van der Waals surface area contributed by atoms with Gasteiger partial charge in [0.1, 0.15) is 0 Å². The Kier molecular flexibility index (Phi) is 7.13. The van der Waals surface area contributed by atoms with Crippen LogP contribution in [-0.4, -0.2) is 37.4 Å². The van der Waals surface area contributed by atoms with Crippen LogP contribution in [0.15, 0.2) is 58.5 Å². The molecule has 0 fully saturated rings. The van der Waals surface area contributed by atoms with Gasteiger partial charge in [0.2, 0.25) is 11.7 Å². The van der Waals surface area contributed by atoms with Gasteiger partial charge in [0, 0.05) is 6.54 Å². The van der Waals surface area contributed by atoms with Crippen LogP contribution in [-0.2, 0) is 4.79 Å². The highest BCUT2D eigenvalue weighted by Gasteiger charge is 2.20. The Hall–Kier alpha value is -3.13. The number of carbonyl (C=O) groups is 1. The van der Waals surface area contributed by atoms with E-state index < -0.39 is 0 Å². The van der Waals surface area contributed by atoms with E-state index in [0.717, 1.165) is 36.0 Å². The number of benzene rings is 2. The third-order valence-corrected chi connectivity index (χ3v) is 6.56. The van der Waals surface area contributed by atoms with Crippen molar-refractivity contribution in [3.05, 3.63) is 64.4 Å². The van der Waals surface area contributed by atoms with Crippen molar-refractivity contribution in [1.29, 1.82) is 0 Å². The predicted octanol–water partition coefficient (Wildman–Crippen LogP) is 4.56. The van der Waals surface area contributed by atoms with Crippen LogP contribution < -0.4 is 10.9 Å². The summed E-state index contributed by atoms with van der Waals surface area (Å²) in [5.74, 6) is 0.879. The first-order valence-corrected chi connectivity index (χ1v) is 12.4. The topological polar surface area (TPSA) is 81.3 Å². The van der Waals surface area contributed by atoms with E-state index in [9.17, 15) is 9.59 Å². The number of carbonyl (C=O) groups excluding carboxylic acids is 1. The van der Waals surface area contributed by atoms with Crippen LogP contribution in [0.1, 0.15) is 51.5 Å². The molecule has 1 N–H and O–H groups in total. The van der Waals surface area contributed by atoms with Crippen molar-refractivity contribution in [2.24, 2.45) is 0 Å². The molecule has 2 heterocycles. The first-order chi connectivity index (χ1) is 16.0. The third-order valence-electron chi connectivity index (χ3n) is 5.63. The SMILES string of the molecule is CCCCCNC(=O)CSc1nnc2n(-c3ccccc3C(C)C)c(=O)c3ccccc3n12. The number of hydrogen-bond donors (Lipinski definition) is 1. The summed E-state index contributed by atoms with van der Waals surface area (Å²) in [5, 5.41) is 12.9. The summed E-state index contributed by atoms with van der Waals surface area (Å²) in [7, 11) is 0. The minimum atomic E-state index is -0.135. The number of para-hydroxylation sites is 2. The highest BCUT2D eigenvalue weighted by molar-refractivity contribution is 7.99. The molecular weight excluding hydrogens is 434 g/mol. The smallest absolute Gasteiger partial charge is 0.267 e. The van der Waals surface area contributed by atoms with Gasteiger partial charge in [-0.3, -0.25) is 14.0 Å². The summed E-state index contributed by atoms with van der Waals surface area (Å²) in [5.41, 5.74) is 2.45. The largest absolute Gasteiger partial charge is 0.355 e. The molecule has 0 unspecified atom stereocenters. The van der Waals surface area contributed by atoms with E-state index in [-0.39, 0.29) is 23.1 Å². The van der Waals surface area contributed by atoms with Gasteiger partial charge in [-0.25, -0.2) is 4.57 Å². The maximum atomic E-state index is 13.6. The third kappa shape index (κ3) is 4.66. The van der Waals surface area contributed by atoms with Crippen molar-refractivity contribution in [3.63, 3.8) is 0 Å². The summed E-state index contributed by atoms with van der Waals surface area (Å²) in [6, 6.07) is 15.3. The molecule has 7 nitrogen and oxygen atoms in total. The fraction of sp³-hybridized carbons (Fsp3) is 0.360. The summed E-state index contributed by atoms with van der Waals surface area (Å²) in [6.45, 7) is 7.03. The molecule has 0 saturated heterocycles. The maximum Gasteiger partial charge on any atom is 0.267 e. The molecule has 1 amide bonds. The van der Waals surface area contributed by atoms with Gasteiger partial charge in [0.25, 0.3) is 5.56 Å². The summed E-state index contributed by atoms with van der Waals surface area (Å²) in [4.78, 5) is 25.9. The monoisotopic (exact) mass is 463 g/mol. The molecule has 0 aliphatic rings. The van der Waals surface area contributed by atoms with Crippen LogP contribution in [0, 0.1) is 0 Å². The van der Waals surface area contributed by atoms with Crippen LogP contribution in [0.25, 0.3) is 22.4 Å². The molecule has 8 heteroatoms. The lowest BCUT2D eigenvalue weighted by atomic mass is 10.0. The molecular formula is C25H29N5O2S. The van der Waals surface area contributed by atoms with Crippen LogP contribution in [0.5, 0.6) is 0 Å². The molecule has 0 aliphatic heterocycles. The molecule has 4 aromatic rings. The number of unbranched alkanes of at least 4 members (excludes halogenated alkanes) is 2. The second-order valence-corrected chi connectivity index (χ2v) is 9.28. The average Bonchev–Trinajstić information content (AvgIpc) is 3.24. The number of hydrogen-bond acceptors (Lipinski definition) is 5. The molecule has 0 saturated carbocycles. The van der Waals surface area contributed by atoms with E-state index in [0.29, 0.717) is 22.9 Å². The summed E-state index contributed by atoms with van der Waals surface area (Å²) < 4.78 is 3.52. The molecule has 0 spiro atoms. The van der Waals surface area contributed by atoms with E-state index in [1.165, 1.54) is 11.8 Å². The molecule has 2 aromatic heterocycles. The molecule has 172 valence electrons. The van der Waals surface area contributed by atoms with Gasteiger partial charge in [-0.15, -0.1) is 10.2 Å². The Bertz CT molecular complexity index is 1340. The molecule has 0 aliphatic carbocycles. The number of amides is 1. The normalized spacial score (nSPS) is 11.5. The van der Waals surface area contributed by atoms with Gasteiger partial charge in [-0.2, -0.15) is 0 Å². The highest BCUT2D eigenvalue weighted by Crippen LogP contribution is 2.26. The maximum absolute atomic E-state index is 13.6. The number of rotatable bonds is 9. The first-order valence-electron chi connectivity index (χ1n) is 11.4. The Morgan fingerprint density at radius 1 is 1.06 bits per heavy atom. The van der Waals surface area contributed by atoms with Gasteiger partial charge in [-0.05, 0) is 36.1 Å². The van der Waals surface area contributed by atoms with Crippen LogP contribution >= 0.6 is 11.8 Å². The van der Waals surface area contributed by atoms with Crippen LogP contribution in [0.2, 0.25) is 0 Å². The van der Waals surface area contributed by atoms with Crippen molar-refractivity contribution < 1.29 is 4.79 Å². The van der Waals surface area contributed by atoms with E-state index >= 15 is 0 Å². The van der Waals surface area contributed by atoms with Crippen molar-refractivity contribution >= 4 is 34.3 Å². The fourth-order valence-electron chi connectivity index (χ4n) is 3.95. The number of thioether (sulfide) groups is 1. The standard InChI is InChI=1S/C25H29N5O2S/c1-4-5-10-15-26-22(31)16-33-25-28-27-24-29(20-13-8-6-11-18(20)17(2)3)23(32)19-12-7-9-14-21(19)30(24)25/h6-9,11-14,17H,4-5,10,15-16H2,1-3H3,(H,26,31). The van der Waals surface area contributed by atoms with Crippen molar-refractivity contribution in [2.45, 2.75) is 51.1 Å². The number of nitrogens with one attached hydrogen (secondary N) is 1. The predicted molar refractivity (Wildman–Crippen MR) is 133 cm³/mol. The van der Waals surface area contributed by atoms with Gasteiger partial charge >= 0.3 is 0 Å². The van der Waals surface area contributed by atoms with Gasteiger partial charge in [-0.1, -0.05) is 75.7 Å². The lowest BCUT2D eigenvalue weighted by Crippen LogP contribution is -2.26. The first kappa shape index (κ1) is 23.0. The van der Waals surface area contributed by atoms with Gasteiger partial charge < -0.3 is 5.32 Å². The molecule has 0 radical (unpaired) electrons. The lowest BCUT2D eigenvalue weighted by molar-refractivity contribution is -0.118.